The van der Waals surface area contributed by atoms with E-state index < -0.39 is 0 Å². The zero-order chi connectivity index (χ0) is 11.9. The quantitative estimate of drug-likeness (QED) is 0.566. The maximum atomic E-state index is 2.53. The highest BCUT2D eigenvalue weighted by atomic mass is 15.4. The molecule has 0 atom stereocenters. The molecule has 0 aliphatic heterocycles. The van der Waals surface area contributed by atoms with Gasteiger partial charge in [0.15, 0.2) is 0 Å². The van der Waals surface area contributed by atoms with E-state index in [0.717, 1.165) is 6.04 Å². The molecule has 0 saturated heterocycles. The van der Waals surface area contributed by atoms with E-state index in [1.807, 2.05) is 0 Å². The maximum Gasteiger partial charge on any atom is 0.0888 e. The smallest absolute Gasteiger partial charge is 0.0888 e. The SMILES string of the molecule is CCCC[N+](C)(CCCC)C1CCCCC1. The lowest BCUT2D eigenvalue weighted by molar-refractivity contribution is -0.935. The van der Waals surface area contributed by atoms with Crippen molar-refractivity contribution in [2.45, 2.75) is 77.7 Å². The van der Waals surface area contributed by atoms with Crippen molar-refractivity contribution in [2.75, 3.05) is 20.1 Å². The Morgan fingerprint density at radius 2 is 1.38 bits per heavy atom. The van der Waals surface area contributed by atoms with Crippen LogP contribution in [0.15, 0.2) is 0 Å². The minimum Gasteiger partial charge on any atom is -0.324 e. The Hall–Kier alpha value is -0.0400. The summed E-state index contributed by atoms with van der Waals surface area (Å²) in [4.78, 5) is 0. The van der Waals surface area contributed by atoms with Crippen LogP contribution < -0.4 is 0 Å². The van der Waals surface area contributed by atoms with Crippen LogP contribution in [-0.2, 0) is 0 Å². The minimum absolute atomic E-state index is 0.979. The molecule has 0 amide bonds. The van der Waals surface area contributed by atoms with Crippen LogP contribution in [0, 0.1) is 0 Å². The molecular weight excluding hydrogens is 194 g/mol. The van der Waals surface area contributed by atoms with E-state index in [9.17, 15) is 0 Å². The van der Waals surface area contributed by atoms with Crippen molar-refractivity contribution in [3.8, 4) is 0 Å². The Labute approximate surface area is 103 Å². The Kier molecular flexibility index (Phi) is 6.41. The van der Waals surface area contributed by atoms with Gasteiger partial charge in [-0.1, -0.05) is 33.1 Å². The molecule has 1 fully saturated rings. The van der Waals surface area contributed by atoms with Crippen molar-refractivity contribution in [3.63, 3.8) is 0 Å². The predicted octanol–water partition coefficient (Wildman–Crippen LogP) is 4.37. The highest BCUT2D eigenvalue weighted by Crippen LogP contribution is 2.28. The average Bonchev–Trinajstić information content (AvgIpc) is 2.35. The lowest BCUT2D eigenvalue weighted by Gasteiger charge is -2.43. The molecule has 1 rings (SSSR count). The van der Waals surface area contributed by atoms with Gasteiger partial charge in [0.05, 0.1) is 26.2 Å². The first-order valence-electron chi connectivity index (χ1n) is 7.57. The molecule has 0 aromatic heterocycles. The summed E-state index contributed by atoms with van der Waals surface area (Å²) in [5.41, 5.74) is 0. The maximum absolute atomic E-state index is 2.53. The topological polar surface area (TPSA) is 0 Å². The van der Waals surface area contributed by atoms with Gasteiger partial charge < -0.3 is 4.48 Å². The molecule has 1 nitrogen and oxygen atoms in total. The molecule has 0 N–H and O–H groups in total. The van der Waals surface area contributed by atoms with Gasteiger partial charge in [0.2, 0.25) is 0 Å². The van der Waals surface area contributed by atoms with E-state index in [1.54, 1.807) is 0 Å². The molecule has 1 aliphatic rings. The Morgan fingerprint density at radius 1 is 0.875 bits per heavy atom. The number of nitrogens with zero attached hydrogens (tertiary/aromatic N) is 1. The summed E-state index contributed by atoms with van der Waals surface area (Å²) < 4.78 is 1.38. The summed E-state index contributed by atoms with van der Waals surface area (Å²) in [6.45, 7) is 7.48. The van der Waals surface area contributed by atoms with E-state index in [-0.39, 0.29) is 0 Å². The lowest BCUT2D eigenvalue weighted by Crippen LogP contribution is -2.54. The number of quaternary nitrogens is 1. The van der Waals surface area contributed by atoms with Gasteiger partial charge in [-0.3, -0.25) is 0 Å². The number of unbranched alkanes of at least 4 members (excludes halogenated alkanes) is 2. The molecule has 0 aromatic carbocycles. The van der Waals surface area contributed by atoms with Crippen LogP contribution in [0.2, 0.25) is 0 Å². The van der Waals surface area contributed by atoms with E-state index in [2.05, 4.69) is 20.9 Å². The molecule has 0 aromatic rings. The fourth-order valence-corrected chi connectivity index (χ4v) is 3.22. The summed E-state index contributed by atoms with van der Waals surface area (Å²) >= 11 is 0. The van der Waals surface area contributed by atoms with Crippen LogP contribution in [0.25, 0.3) is 0 Å². The van der Waals surface area contributed by atoms with Crippen LogP contribution in [0.1, 0.15) is 71.6 Å². The van der Waals surface area contributed by atoms with Gasteiger partial charge in [0.25, 0.3) is 0 Å². The van der Waals surface area contributed by atoms with Crippen LogP contribution in [0.3, 0.4) is 0 Å². The van der Waals surface area contributed by atoms with Crippen molar-refractivity contribution in [1.82, 2.24) is 0 Å². The molecule has 1 aliphatic carbocycles. The number of hydrogen-bond acceptors (Lipinski definition) is 0. The zero-order valence-electron chi connectivity index (χ0n) is 11.8. The summed E-state index contributed by atoms with van der Waals surface area (Å²) in [5.74, 6) is 0. The van der Waals surface area contributed by atoms with Crippen molar-refractivity contribution in [1.29, 1.82) is 0 Å². The highest BCUT2D eigenvalue weighted by molar-refractivity contribution is 4.67. The van der Waals surface area contributed by atoms with Gasteiger partial charge in [0.1, 0.15) is 0 Å². The van der Waals surface area contributed by atoms with Crippen molar-refractivity contribution >= 4 is 0 Å². The van der Waals surface area contributed by atoms with Crippen molar-refractivity contribution in [3.05, 3.63) is 0 Å². The molecular formula is C15H32N+. The second-order valence-electron chi connectivity index (χ2n) is 5.93. The molecule has 0 spiro atoms. The fourth-order valence-electron chi connectivity index (χ4n) is 3.22. The third-order valence-electron chi connectivity index (χ3n) is 4.50. The first-order valence-corrected chi connectivity index (χ1v) is 7.57. The number of rotatable bonds is 7. The zero-order valence-corrected chi connectivity index (χ0v) is 11.8. The van der Waals surface area contributed by atoms with Crippen LogP contribution >= 0.6 is 0 Å². The highest BCUT2D eigenvalue weighted by Gasteiger charge is 2.32. The summed E-state index contributed by atoms with van der Waals surface area (Å²) in [5, 5.41) is 0. The molecule has 16 heavy (non-hydrogen) atoms. The van der Waals surface area contributed by atoms with Gasteiger partial charge >= 0.3 is 0 Å². The van der Waals surface area contributed by atoms with E-state index in [4.69, 9.17) is 0 Å². The summed E-state index contributed by atoms with van der Waals surface area (Å²) in [6, 6.07) is 0.979. The Morgan fingerprint density at radius 3 is 1.81 bits per heavy atom. The molecule has 0 bridgehead atoms. The molecule has 1 saturated carbocycles. The summed E-state index contributed by atoms with van der Waals surface area (Å²) in [7, 11) is 2.53. The Balaban J connectivity index is 2.51. The molecule has 0 radical (unpaired) electrons. The van der Waals surface area contributed by atoms with Crippen molar-refractivity contribution < 1.29 is 4.48 Å². The molecule has 0 unspecified atom stereocenters. The molecule has 96 valence electrons. The Bertz CT molecular complexity index is 162. The first kappa shape index (κ1) is 14.0. The lowest BCUT2D eigenvalue weighted by atomic mass is 9.92. The number of hydrogen-bond donors (Lipinski definition) is 0. The van der Waals surface area contributed by atoms with Gasteiger partial charge in [-0.25, -0.2) is 0 Å². The third-order valence-corrected chi connectivity index (χ3v) is 4.50. The van der Waals surface area contributed by atoms with Gasteiger partial charge in [-0.05, 0) is 38.5 Å². The van der Waals surface area contributed by atoms with Gasteiger partial charge in [0, 0.05) is 0 Å². The van der Waals surface area contributed by atoms with Gasteiger partial charge in [-0.2, -0.15) is 0 Å². The monoisotopic (exact) mass is 226 g/mol. The largest absolute Gasteiger partial charge is 0.324 e. The molecule has 1 heteroatoms. The van der Waals surface area contributed by atoms with E-state index in [1.165, 1.54) is 75.4 Å². The normalized spacial score (nSPS) is 18.9. The van der Waals surface area contributed by atoms with Crippen LogP contribution in [0.5, 0.6) is 0 Å². The standard InChI is InChI=1S/C15H32N/c1-4-6-13-16(3,14-7-5-2)15-11-9-8-10-12-15/h15H,4-14H2,1-3H3/q+1. The third kappa shape index (κ3) is 4.08. The van der Waals surface area contributed by atoms with E-state index >= 15 is 0 Å². The minimum atomic E-state index is 0.979. The summed E-state index contributed by atoms with van der Waals surface area (Å²) in [6.07, 6.45) is 13.0. The van der Waals surface area contributed by atoms with E-state index in [0.29, 0.717) is 0 Å². The predicted molar refractivity (Wildman–Crippen MR) is 72.6 cm³/mol. The van der Waals surface area contributed by atoms with Crippen molar-refractivity contribution in [2.24, 2.45) is 0 Å². The average molecular weight is 226 g/mol. The fraction of sp³-hybridized carbons (Fsp3) is 1.00. The second-order valence-corrected chi connectivity index (χ2v) is 5.93. The van der Waals surface area contributed by atoms with Gasteiger partial charge in [-0.15, -0.1) is 0 Å². The second kappa shape index (κ2) is 7.32. The first-order chi connectivity index (χ1) is 7.73. The van der Waals surface area contributed by atoms with Crippen LogP contribution in [-0.4, -0.2) is 30.7 Å². The molecule has 0 heterocycles. The van der Waals surface area contributed by atoms with Crippen LogP contribution in [0.4, 0.5) is 0 Å².